The fourth-order valence-electron chi connectivity index (χ4n) is 2.97. The molecule has 0 rings (SSSR count). The Morgan fingerprint density at radius 1 is 0.750 bits per heavy atom. The van der Waals surface area contributed by atoms with Crippen molar-refractivity contribution in [1.29, 1.82) is 0 Å². The number of rotatable bonds is 17. The van der Waals surface area contributed by atoms with E-state index in [1.54, 1.807) is 0 Å². The minimum Gasteiger partial charge on any atom is -0.748 e. The van der Waals surface area contributed by atoms with E-state index in [-0.39, 0.29) is 64.4 Å². The molecule has 0 saturated carbocycles. The van der Waals surface area contributed by atoms with Crippen LogP contribution < -0.4 is 51.4 Å². The molecule has 0 aliphatic rings. The van der Waals surface area contributed by atoms with E-state index in [4.69, 9.17) is 5.11 Å². The number of hydrogen-bond donors (Lipinski definition) is 1. The third kappa shape index (κ3) is 18.3. The van der Waals surface area contributed by atoms with Crippen LogP contribution in [0.25, 0.3) is 0 Å². The van der Waals surface area contributed by atoms with Gasteiger partial charge in [-0.25, -0.2) is 8.42 Å². The molecule has 1 atom stereocenters. The summed E-state index contributed by atoms with van der Waals surface area (Å²) in [5.41, 5.74) is 0. The molecule has 1 unspecified atom stereocenters. The van der Waals surface area contributed by atoms with Crippen molar-refractivity contribution in [3.63, 3.8) is 0 Å². The molecule has 0 aromatic heterocycles. The second-order valence-corrected chi connectivity index (χ2v) is 8.31. The van der Waals surface area contributed by atoms with Gasteiger partial charge in [-0.05, 0) is 12.8 Å². The van der Waals surface area contributed by atoms with Crippen LogP contribution in [0.3, 0.4) is 0 Å². The Labute approximate surface area is 192 Å². The largest absolute Gasteiger partial charge is 1.00 e. The summed E-state index contributed by atoms with van der Waals surface area (Å²) in [6.45, 7) is 2.01. The fourth-order valence-corrected chi connectivity index (χ4v) is 3.82. The molecule has 0 amide bonds. The van der Waals surface area contributed by atoms with Crippen LogP contribution in [-0.2, 0) is 10.1 Å². The Morgan fingerprint density at radius 2 is 1.12 bits per heavy atom. The molecule has 0 aromatic rings. The Kier molecular flexibility index (Phi) is 22.3. The molecule has 0 aliphatic heterocycles. The van der Waals surface area contributed by atoms with Crippen molar-refractivity contribution >= 4 is 10.1 Å². The molecular formula is C18H37KO4S. The zero-order valence-corrected chi connectivity index (χ0v) is 19.9. The average molecular weight is 389 g/mol. The van der Waals surface area contributed by atoms with E-state index in [9.17, 15) is 13.0 Å². The van der Waals surface area contributed by atoms with Crippen molar-refractivity contribution in [3.8, 4) is 0 Å². The normalized spacial score (nSPS) is 12.8. The fraction of sp³-hybridized carbons (Fsp3) is 1.00. The van der Waals surface area contributed by atoms with E-state index in [1.807, 2.05) is 0 Å². The Morgan fingerprint density at radius 3 is 1.46 bits per heavy atom. The second-order valence-electron chi connectivity index (χ2n) is 6.66. The number of unbranched alkanes of at least 4 members (excludes halogenated alkanes) is 12. The molecule has 0 heterocycles. The molecular weight excluding hydrogens is 351 g/mol. The summed E-state index contributed by atoms with van der Waals surface area (Å²) >= 11 is 0. The predicted octanol–water partition coefficient (Wildman–Crippen LogP) is 1.77. The van der Waals surface area contributed by atoms with Crippen LogP contribution in [0.2, 0.25) is 0 Å². The molecule has 0 saturated heterocycles. The van der Waals surface area contributed by atoms with Gasteiger partial charge in [-0.15, -0.1) is 0 Å². The van der Waals surface area contributed by atoms with Gasteiger partial charge in [0.15, 0.2) is 0 Å². The van der Waals surface area contributed by atoms with Gasteiger partial charge in [0, 0.05) is 6.61 Å². The van der Waals surface area contributed by atoms with E-state index in [1.165, 1.54) is 64.2 Å². The quantitative estimate of drug-likeness (QED) is 0.234. The first kappa shape index (κ1) is 27.7. The van der Waals surface area contributed by atoms with Gasteiger partial charge in [-0.2, -0.15) is 0 Å². The first-order chi connectivity index (χ1) is 11.0. The van der Waals surface area contributed by atoms with E-state index in [0.717, 1.165) is 19.3 Å². The standard InChI is InChI=1S/C18H38O4S.K/c1-2-3-4-5-6-7-8-9-10-11-12-13-14-15-18(16-17-19)23(20,21)22;/h18-19H,2-17H2,1H3,(H,20,21,22);/q;+1/p-1. The molecule has 0 aliphatic carbocycles. The van der Waals surface area contributed by atoms with Gasteiger partial charge < -0.3 is 9.66 Å². The van der Waals surface area contributed by atoms with Crippen LogP contribution in [0.5, 0.6) is 0 Å². The van der Waals surface area contributed by atoms with Gasteiger partial charge >= 0.3 is 51.4 Å². The van der Waals surface area contributed by atoms with Crippen molar-refractivity contribution in [2.45, 2.75) is 108 Å². The Hall–Kier alpha value is 1.51. The summed E-state index contributed by atoms with van der Waals surface area (Å²) in [4.78, 5) is 0. The van der Waals surface area contributed by atoms with Gasteiger partial charge in [-0.3, -0.25) is 0 Å². The van der Waals surface area contributed by atoms with Gasteiger partial charge in [0.25, 0.3) is 0 Å². The molecule has 0 aromatic carbocycles. The topological polar surface area (TPSA) is 77.4 Å². The molecule has 0 fully saturated rings. The summed E-state index contributed by atoms with van der Waals surface area (Å²) in [7, 11) is -4.25. The SMILES string of the molecule is CCCCCCCCCCCCCCCC(CCO)S(=O)(=O)[O-].[K+]. The minimum atomic E-state index is -4.25. The molecule has 0 bridgehead atoms. The maximum absolute atomic E-state index is 11.0. The van der Waals surface area contributed by atoms with Crippen molar-refractivity contribution < 1.29 is 69.5 Å². The van der Waals surface area contributed by atoms with E-state index >= 15 is 0 Å². The molecule has 24 heavy (non-hydrogen) atoms. The molecule has 140 valence electrons. The van der Waals surface area contributed by atoms with Crippen LogP contribution in [0.1, 0.15) is 103 Å². The first-order valence-electron chi connectivity index (χ1n) is 9.58. The molecule has 4 nitrogen and oxygen atoms in total. The Bertz CT molecular complexity index is 347. The van der Waals surface area contributed by atoms with Crippen molar-refractivity contribution in [2.75, 3.05) is 6.61 Å². The van der Waals surface area contributed by atoms with E-state index < -0.39 is 15.4 Å². The third-order valence-electron chi connectivity index (χ3n) is 4.49. The zero-order valence-electron chi connectivity index (χ0n) is 16.0. The summed E-state index contributed by atoms with van der Waals surface area (Å²) in [6.07, 6.45) is 16.6. The summed E-state index contributed by atoms with van der Waals surface area (Å²) < 4.78 is 33.0. The smallest absolute Gasteiger partial charge is 0.748 e. The minimum absolute atomic E-state index is 0. The van der Waals surface area contributed by atoms with Gasteiger partial charge in [-0.1, -0.05) is 90.4 Å². The van der Waals surface area contributed by atoms with Crippen LogP contribution in [0, 0.1) is 0 Å². The maximum atomic E-state index is 11.0. The zero-order chi connectivity index (χ0) is 17.4. The van der Waals surface area contributed by atoms with E-state index in [2.05, 4.69) is 6.92 Å². The number of aliphatic hydroxyl groups excluding tert-OH is 1. The molecule has 0 spiro atoms. The van der Waals surface area contributed by atoms with Gasteiger partial charge in [0.1, 0.15) is 0 Å². The maximum Gasteiger partial charge on any atom is 1.00 e. The summed E-state index contributed by atoms with van der Waals surface area (Å²) in [5, 5.41) is 7.90. The van der Waals surface area contributed by atoms with Crippen molar-refractivity contribution in [2.24, 2.45) is 0 Å². The van der Waals surface area contributed by atoms with Gasteiger partial charge in [0.05, 0.1) is 15.4 Å². The molecule has 0 radical (unpaired) electrons. The van der Waals surface area contributed by atoms with Crippen molar-refractivity contribution in [1.82, 2.24) is 0 Å². The van der Waals surface area contributed by atoms with Crippen LogP contribution >= 0.6 is 0 Å². The number of hydrogen-bond acceptors (Lipinski definition) is 4. The van der Waals surface area contributed by atoms with Crippen LogP contribution in [-0.4, -0.2) is 29.9 Å². The Balaban J connectivity index is 0. The van der Waals surface area contributed by atoms with Crippen LogP contribution in [0.15, 0.2) is 0 Å². The van der Waals surface area contributed by atoms with Gasteiger partial charge in [0.2, 0.25) is 0 Å². The van der Waals surface area contributed by atoms with Crippen molar-refractivity contribution in [3.05, 3.63) is 0 Å². The third-order valence-corrected chi connectivity index (χ3v) is 5.78. The van der Waals surface area contributed by atoms with Crippen LogP contribution in [0.4, 0.5) is 0 Å². The predicted molar refractivity (Wildman–Crippen MR) is 95.5 cm³/mol. The second kappa shape index (κ2) is 19.3. The summed E-state index contributed by atoms with van der Waals surface area (Å²) in [6, 6.07) is 0. The molecule has 6 heteroatoms. The first-order valence-corrected chi connectivity index (χ1v) is 11.0. The van der Waals surface area contributed by atoms with E-state index in [0.29, 0.717) is 6.42 Å². The average Bonchev–Trinajstić information content (AvgIpc) is 2.49. The molecule has 1 N–H and O–H groups in total. The monoisotopic (exact) mass is 388 g/mol. The number of aliphatic hydroxyl groups is 1. The summed E-state index contributed by atoms with van der Waals surface area (Å²) in [5.74, 6) is 0.